The van der Waals surface area contributed by atoms with Crippen molar-refractivity contribution >= 4 is 11.4 Å². The predicted octanol–water partition coefficient (Wildman–Crippen LogP) is 2.82. The molecule has 0 aliphatic heterocycles. The van der Waals surface area contributed by atoms with Crippen LogP contribution in [0.4, 0.5) is 11.4 Å². The smallest absolute Gasteiger partial charge is 0.289 e. The molecule has 88 valence electrons. The standard InChI is InChI=1S/C12H13N3O2/c1-12(5-2-6-12)14-10-4-3-9(8-13)11(7-10)15(16)17/h3-4,7,14H,2,5-6H2,1H3. The molecular formula is C12H13N3O2. The van der Waals surface area contributed by atoms with E-state index in [0.717, 1.165) is 12.8 Å². The van der Waals surface area contributed by atoms with Crippen molar-refractivity contribution in [3.63, 3.8) is 0 Å². The van der Waals surface area contributed by atoms with E-state index < -0.39 is 4.92 Å². The molecule has 5 nitrogen and oxygen atoms in total. The molecule has 1 aromatic carbocycles. The van der Waals surface area contributed by atoms with Crippen LogP contribution in [0.5, 0.6) is 0 Å². The van der Waals surface area contributed by atoms with Crippen molar-refractivity contribution in [3.8, 4) is 6.07 Å². The first kappa shape index (κ1) is 11.4. The lowest BCUT2D eigenvalue weighted by atomic mass is 9.78. The van der Waals surface area contributed by atoms with Gasteiger partial charge in [0, 0.05) is 17.3 Å². The second-order valence-corrected chi connectivity index (χ2v) is 4.64. The summed E-state index contributed by atoms with van der Waals surface area (Å²) in [6, 6.07) is 6.46. The maximum atomic E-state index is 10.8. The van der Waals surface area contributed by atoms with Crippen LogP contribution in [0.15, 0.2) is 18.2 Å². The summed E-state index contributed by atoms with van der Waals surface area (Å²) in [4.78, 5) is 10.3. The number of nitrogens with zero attached hydrogens (tertiary/aromatic N) is 2. The molecule has 0 radical (unpaired) electrons. The van der Waals surface area contributed by atoms with Gasteiger partial charge in [0.15, 0.2) is 0 Å². The minimum atomic E-state index is -0.521. The molecule has 1 saturated carbocycles. The van der Waals surface area contributed by atoms with Crippen molar-refractivity contribution in [2.24, 2.45) is 0 Å². The second-order valence-electron chi connectivity index (χ2n) is 4.64. The van der Waals surface area contributed by atoms with E-state index in [0.29, 0.717) is 5.69 Å². The summed E-state index contributed by atoms with van der Waals surface area (Å²) in [6.07, 6.45) is 3.32. The molecule has 0 spiro atoms. The Hall–Kier alpha value is -2.09. The Morgan fingerprint density at radius 2 is 2.24 bits per heavy atom. The fourth-order valence-corrected chi connectivity index (χ4v) is 2.04. The summed E-state index contributed by atoms with van der Waals surface area (Å²) in [7, 11) is 0. The number of hydrogen-bond donors (Lipinski definition) is 1. The maximum absolute atomic E-state index is 10.8. The lowest BCUT2D eigenvalue weighted by Gasteiger charge is -2.40. The number of nitro groups is 1. The van der Waals surface area contributed by atoms with E-state index in [1.807, 2.05) is 6.07 Å². The average molecular weight is 231 g/mol. The largest absolute Gasteiger partial charge is 0.380 e. The first-order chi connectivity index (χ1) is 8.04. The van der Waals surface area contributed by atoms with Gasteiger partial charge in [-0.2, -0.15) is 5.26 Å². The average Bonchev–Trinajstić information content (AvgIpc) is 2.26. The number of anilines is 1. The van der Waals surface area contributed by atoms with Crippen molar-refractivity contribution in [1.29, 1.82) is 5.26 Å². The van der Waals surface area contributed by atoms with Crippen LogP contribution in [0.3, 0.4) is 0 Å². The number of nitro benzene ring substituents is 1. The Labute approximate surface area is 99.2 Å². The quantitative estimate of drug-likeness (QED) is 0.640. The highest BCUT2D eigenvalue weighted by Gasteiger charge is 2.31. The number of benzene rings is 1. The van der Waals surface area contributed by atoms with Crippen LogP contribution in [0.25, 0.3) is 0 Å². The fourth-order valence-electron chi connectivity index (χ4n) is 2.04. The van der Waals surface area contributed by atoms with Gasteiger partial charge < -0.3 is 5.32 Å². The molecule has 0 aromatic heterocycles. The molecule has 17 heavy (non-hydrogen) atoms. The molecule has 1 fully saturated rings. The summed E-state index contributed by atoms with van der Waals surface area (Å²) < 4.78 is 0. The molecule has 5 heteroatoms. The molecule has 0 unspecified atom stereocenters. The molecule has 0 saturated heterocycles. The minimum absolute atomic E-state index is 0.0437. The Balaban J connectivity index is 2.28. The summed E-state index contributed by atoms with van der Waals surface area (Å²) in [5.74, 6) is 0. The highest BCUT2D eigenvalue weighted by molar-refractivity contribution is 5.60. The first-order valence-corrected chi connectivity index (χ1v) is 5.51. The third-order valence-corrected chi connectivity index (χ3v) is 3.22. The van der Waals surface area contributed by atoms with Crippen LogP contribution < -0.4 is 5.32 Å². The van der Waals surface area contributed by atoms with Crippen molar-refractivity contribution < 1.29 is 4.92 Å². The van der Waals surface area contributed by atoms with Crippen molar-refractivity contribution in [1.82, 2.24) is 0 Å². The van der Waals surface area contributed by atoms with E-state index in [-0.39, 0.29) is 16.8 Å². The molecule has 2 rings (SSSR count). The van der Waals surface area contributed by atoms with E-state index in [4.69, 9.17) is 5.26 Å². The van der Waals surface area contributed by atoms with E-state index in [1.165, 1.54) is 18.6 Å². The molecule has 1 aliphatic rings. The van der Waals surface area contributed by atoms with Gasteiger partial charge in [0.2, 0.25) is 0 Å². The van der Waals surface area contributed by atoms with Gasteiger partial charge in [-0.15, -0.1) is 0 Å². The highest BCUT2D eigenvalue weighted by Crippen LogP contribution is 2.35. The predicted molar refractivity (Wildman–Crippen MR) is 63.7 cm³/mol. The first-order valence-electron chi connectivity index (χ1n) is 5.51. The van der Waals surface area contributed by atoms with Gasteiger partial charge in [-0.1, -0.05) is 0 Å². The third-order valence-electron chi connectivity index (χ3n) is 3.22. The maximum Gasteiger partial charge on any atom is 0.289 e. The van der Waals surface area contributed by atoms with Gasteiger partial charge in [-0.05, 0) is 38.3 Å². The van der Waals surface area contributed by atoms with Gasteiger partial charge >= 0.3 is 0 Å². The van der Waals surface area contributed by atoms with E-state index in [2.05, 4.69) is 12.2 Å². The molecule has 1 N–H and O–H groups in total. The van der Waals surface area contributed by atoms with Crippen LogP contribution >= 0.6 is 0 Å². The zero-order chi connectivity index (χ0) is 12.5. The number of rotatable bonds is 3. The summed E-state index contributed by atoms with van der Waals surface area (Å²) in [5.41, 5.74) is 0.708. The third kappa shape index (κ3) is 2.21. The van der Waals surface area contributed by atoms with Crippen LogP contribution in [0.2, 0.25) is 0 Å². The topological polar surface area (TPSA) is 79.0 Å². The van der Waals surface area contributed by atoms with Gasteiger partial charge in [0.1, 0.15) is 11.6 Å². The van der Waals surface area contributed by atoms with Gasteiger partial charge in [-0.3, -0.25) is 10.1 Å². The zero-order valence-corrected chi connectivity index (χ0v) is 9.56. The van der Waals surface area contributed by atoms with Gasteiger partial charge in [0.05, 0.1) is 4.92 Å². The molecule has 1 aliphatic carbocycles. The number of hydrogen-bond acceptors (Lipinski definition) is 4. The summed E-state index contributed by atoms with van der Waals surface area (Å²) >= 11 is 0. The number of nitriles is 1. The Morgan fingerprint density at radius 1 is 1.53 bits per heavy atom. The van der Waals surface area contributed by atoms with E-state index >= 15 is 0 Å². The van der Waals surface area contributed by atoms with Crippen LogP contribution in [-0.4, -0.2) is 10.5 Å². The molecule has 0 atom stereocenters. The van der Waals surface area contributed by atoms with Gasteiger partial charge in [-0.25, -0.2) is 0 Å². The highest BCUT2D eigenvalue weighted by atomic mass is 16.6. The minimum Gasteiger partial charge on any atom is -0.380 e. The molecular weight excluding hydrogens is 218 g/mol. The SMILES string of the molecule is CC1(Nc2ccc(C#N)c([N+](=O)[O-])c2)CCC1. The monoisotopic (exact) mass is 231 g/mol. The van der Waals surface area contributed by atoms with E-state index in [9.17, 15) is 10.1 Å². The summed E-state index contributed by atoms with van der Waals surface area (Å²) in [5, 5.41) is 22.9. The number of nitrogens with one attached hydrogen (secondary N) is 1. The van der Waals surface area contributed by atoms with Crippen molar-refractivity contribution in [2.75, 3.05) is 5.32 Å². The van der Waals surface area contributed by atoms with Crippen molar-refractivity contribution in [2.45, 2.75) is 31.7 Å². The van der Waals surface area contributed by atoms with Gasteiger partial charge in [0.25, 0.3) is 5.69 Å². The molecule has 0 heterocycles. The normalized spacial score (nSPS) is 16.7. The fraction of sp³-hybridized carbons (Fsp3) is 0.417. The van der Waals surface area contributed by atoms with Crippen LogP contribution in [0, 0.1) is 21.4 Å². The second kappa shape index (κ2) is 4.06. The molecule has 0 amide bonds. The van der Waals surface area contributed by atoms with Crippen LogP contribution in [-0.2, 0) is 0 Å². The molecule has 1 aromatic rings. The van der Waals surface area contributed by atoms with E-state index in [1.54, 1.807) is 6.07 Å². The Bertz CT molecular complexity index is 501. The lowest BCUT2D eigenvalue weighted by Crippen LogP contribution is -2.41. The molecule has 0 bridgehead atoms. The Kier molecular flexibility index (Phi) is 2.72. The van der Waals surface area contributed by atoms with Crippen molar-refractivity contribution in [3.05, 3.63) is 33.9 Å². The zero-order valence-electron chi connectivity index (χ0n) is 9.56. The Morgan fingerprint density at radius 3 is 2.71 bits per heavy atom. The van der Waals surface area contributed by atoms with Crippen LogP contribution in [0.1, 0.15) is 31.7 Å². The lowest BCUT2D eigenvalue weighted by molar-refractivity contribution is -0.385. The summed E-state index contributed by atoms with van der Waals surface area (Å²) in [6.45, 7) is 2.10.